The molecule has 1 saturated heterocycles. The summed E-state index contributed by atoms with van der Waals surface area (Å²) in [5.41, 5.74) is 0.372. The van der Waals surface area contributed by atoms with Gasteiger partial charge < -0.3 is 20.1 Å². The van der Waals surface area contributed by atoms with Crippen molar-refractivity contribution in [3.05, 3.63) is 29.8 Å². The zero-order valence-corrected chi connectivity index (χ0v) is 16.3. The van der Waals surface area contributed by atoms with Gasteiger partial charge in [0.15, 0.2) is 0 Å². The Morgan fingerprint density at radius 3 is 2.48 bits per heavy atom. The van der Waals surface area contributed by atoms with E-state index in [9.17, 15) is 19.5 Å². The Hall–Kier alpha value is -2.57. The summed E-state index contributed by atoms with van der Waals surface area (Å²) < 4.78 is 5.22. The number of aliphatic carboxylic acids is 1. The molecular formula is C20H28N2O5. The predicted octanol–water partition coefficient (Wildman–Crippen LogP) is 2.02. The number of carbonyl (C=O) groups is 3. The normalized spacial score (nSPS) is 20.9. The minimum absolute atomic E-state index is 0.108. The Kier molecular flexibility index (Phi) is 6.82. The van der Waals surface area contributed by atoms with E-state index in [0.717, 1.165) is 0 Å². The first-order chi connectivity index (χ1) is 12.8. The smallest absolute Gasteiger partial charge is 0.306 e. The number of nitrogens with zero attached hydrogens (tertiary/aromatic N) is 1. The third kappa shape index (κ3) is 4.78. The van der Waals surface area contributed by atoms with E-state index in [0.29, 0.717) is 30.8 Å². The fourth-order valence-electron chi connectivity index (χ4n) is 3.47. The molecule has 3 atom stereocenters. The van der Waals surface area contributed by atoms with Crippen molar-refractivity contribution in [1.29, 1.82) is 0 Å². The average Bonchev–Trinajstić information content (AvgIpc) is 2.64. The van der Waals surface area contributed by atoms with Crippen molar-refractivity contribution in [2.75, 3.05) is 20.2 Å². The molecule has 27 heavy (non-hydrogen) atoms. The molecule has 0 saturated carbocycles. The van der Waals surface area contributed by atoms with E-state index in [1.54, 1.807) is 29.2 Å². The Balaban J connectivity index is 2.12. The molecule has 0 spiro atoms. The highest BCUT2D eigenvalue weighted by atomic mass is 16.5. The third-order valence-corrected chi connectivity index (χ3v) is 5.11. The highest BCUT2D eigenvalue weighted by Crippen LogP contribution is 2.25. The SMILES string of the molecule is COc1ccccc1C(=O)NC(C(=O)N1CCC(C(=O)O)C(C)C1)C(C)C. The lowest BCUT2D eigenvalue weighted by molar-refractivity contribution is -0.149. The van der Waals surface area contributed by atoms with Gasteiger partial charge in [-0.3, -0.25) is 14.4 Å². The van der Waals surface area contributed by atoms with Crippen LogP contribution in [0.25, 0.3) is 0 Å². The summed E-state index contributed by atoms with van der Waals surface area (Å²) in [7, 11) is 1.49. The highest BCUT2D eigenvalue weighted by Gasteiger charge is 2.36. The van der Waals surface area contributed by atoms with Crippen LogP contribution in [0.15, 0.2) is 24.3 Å². The number of hydrogen-bond acceptors (Lipinski definition) is 4. The predicted molar refractivity (Wildman–Crippen MR) is 101 cm³/mol. The van der Waals surface area contributed by atoms with Gasteiger partial charge in [0.2, 0.25) is 5.91 Å². The van der Waals surface area contributed by atoms with Crippen molar-refractivity contribution in [1.82, 2.24) is 10.2 Å². The van der Waals surface area contributed by atoms with Crippen LogP contribution < -0.4 is 10.1 Å². The summed E-state index contributed by atoms with van der Waals surface area (Å²) in [4.78, 5) is 38.6. The number of carboxylic acid groups (broad SMARTS) is 1. The van der Waals surface area contributed by atoms with E-state index in [2.05, 4.69) is 5.32 Å². The third-order valence-electron chi connectivity index (χ3n) is 5.11. The van der Waals surface area contributed by atoms with Crippen molar-refractivity contribution in [3.63, 3.8) is 0 Å². The van der Waals surface area contributed by atoms with Gasteiger partial charge in [-0.1, -0.05) is 32.9 Å². The number of para-hydroxylation sites is 1. The second-order valence-corrected chi connectivity index (χ2v) is 7.39. The first-order valence-corrected chi connectivity index (χ1v) is 9.21. The first kappa shape index (κ1) is 20.7. The van der Waals surface area contributed by atoms with E-state index in [4.69, 9.17) is 4.74 Å². The zero-order valence-electron chi connectivity index (χ0n) is 16.3. The van der Waals surface area contributed by atoms with E-state index >= 15 is 0 Å². The number of amides is 2. The molecule has 0 aromatic heterocycles. The van der Waals surface area contributed by atoms with Crippen LogP contribution in [0, 0.1) is 17.8 Å². The van der Waals surface area contributed by atoms with E-state index in [-0.39, 0.29) is 23.7 Å². The topological polar surface area (TPSA) is 95.9 Å². The van der Waals surface area contributed by atoms with Crippen LogP contribution >= 0.6 is 0 Å². The van der Waals surface area contributed by atoms with Crippen LogP contribution in [-0.4, -0.2) is 54.0 Å². The lowest BCUT2D eigenvalue weighted by Crippen LogP contribution is -2.54. The largest absolute Gasteiger partial charge is 0.496 e. The van der Waals surface area contributed by atoms with Crippen LogP contribution in [0.3, 0.4) is 0 Å². The Morgan fingerprint density at radius 1 is 1.26 bits per heavy atom. The van der Waals surface area contributed by atoms with E-state index in [1.165, 1.54) is 7.11 Å². The second-order valence-electron chi connectivity index (χ2n) is 7.39. The molecule has 1 aliphatic rings. The lowest BCUT2D eigenvalue weighted by atomic mass is 9.86. The summed E-state index contributed by atoms with van der Waals surface area (Å²) in [5.74, 6) is -1.59. The van der Waals surface area contributed by atoms with Gasteiger partial charge in [0.1, 0.15) is 11.8 Å². The molecule has 2 amide bonds. The van der Waals surface area contributed by atoms with Gasteiger partial charge in [0, 0.05) is 13.1 Å². The maximum atomic E-state index is 13.0. The number of methoxy groups -OCH3 is 1. The van der Waals surface area contributed by atoms with Crippen molar-refractivity contribution in [2.45, 2.75) is 33.2 Å². The molecule has 0 radical (unpaired) electrons. The van der Waals surface area contributed by atoms with Crippen molar-refractivity contribution in [3.8, 4) is 5.75 Å². The summed E-state index contributed by atoms with van der Waals surface area (Å²) in [6.07, 6.45) is 0.424. The Morgan fingerprint density at radius 2 is 1.93 bits per heavy atom. The standard InChI is InChI=1S/C20H28N2O5/c1-12(2)17(21-18(23)15-7-5-6-8-16(15)27-4)19(24)22-10-9-14(20(25)26)13(3)11-22/h5-8,12-14,17H,9-11H2,1-4H3,(H,21,23)(H,25,26). The van der Waals surface area contributed by atoms with Gasteiger partial charge in [-0.25, -0.2) is 0 Å². The minimum Gasteiger partial charge on any atom is -0.496 e. The van der Waals surface area contributed by atoms with Crippen LogP contribution in [0.2, 0.25) is 0 Å². The molecule has 1 fully saturated rings. The van der Waals surface area contributed by atoms with Crippen molar-refractivity contribution < 1.29 is 24.2 Å². The van der Waals surface area contributed by atoms with Crippen molar-refractivity contribution >= 4 is 17.8 Å². The van der Waals surface area contributed by atoms with Crippen LogP contribution in [0.5, 0.6) is 5.75 Å². The molecule has 1 aliphatic heterocycles. The molecule has 7 heteroatoms. The molecule has 3 unspecified atom stereocenters. The van der Waals surface area contributed by atoms with Gasteiger partial charge in [-0.15, -0.1) is 0 Å². The number of hydrogen-bond donors (Lipinski definition) is 2. The van der Waals surface area contributed by atoms with Crippen LogP contribution in [0.1, 0.15) is 37.6 Å². The fourth-order valence-corrected chi connectivity index (χ4v) is 3.47. The summed E-state index contributed by atoms with van der Waals surface area (Å²) in [6.45, 7) is 6.35. The summed E-state index contributed by atoms with van der Waals surface area (Å²) >= 11 is 0. The molecule has 7 nitrogen and oxygen atoms in total. The molecule has 1 heterocycles. The molecule has 2 N–H and O–H groups in total. The number of piperidine rings is 1. The van der Waals surface area contributed by atoms with Crippen LogP contribution in [-0.2, 0) is 9.59 Å². The molecule has 0 aliphatic carbocycles. The number of nitrogens with one attached hydrogen (secondary N) is 1. The molecular weight excluding hydrogens is 348 g/mol. The van der Waals surface area contributed by atoms with E-state index < -0.39 is 17.9 Å². The average molecular weight is 376 g/mol. The number of rotatable bonds is 6. The Labute approximate surface area is 159 Å². The highest BCUT2D eigenvalue weighted by molar-refractivity contribution is 5.99. The number of ether oxygens (including phenoxy) is 1. The molecule has 1 aromatic carbocycles. The summed E-state index contributed by atoms with van der Waals surface area (Å²) in [6, 6.07) is 6.17. The molecule has 0 bridgehead atoms. The zero-order chi connectivity index (χ0) is 20.1. The van der Waals surface area contributed by atoms with Gasteiger partial charge in [0.25, 0.3) is 5.91 Å². The number of likely N-dealkylation sites (tertiary alicyclic amines) is 1. The first-order valence-electron chi connectivity index (χ1n) is 9.21. The monoisotopic (exact) mass is 376 g/mol. The molecule has 1 aromatic rings. The van der Waals surface area contributed by atoms with Gasteiger partial charge >= 0.3 is 5.97 Å². The minimum atomic E-state index is -0.820. The number of benzene rings is 1. The maximum Gasteiger partial charge on any atom is 0.306 e. The second kappa shape index (κ2) is 8.88. The molecule has 148 valence electrons. The van der Waals surface area contributed by atoms with Crippen LogP contribution in [0.4, 0.5) is 0 Å². The number of carboxylic acids is 1. The fraction of sp³-hybridized carbons (Fsp3) is 0.550. The van der Waals surface area contributed by atoms with Gasteiger partial charge in [-0.05, 0) is 30.4 Å². The number of carbonyl (C=O) groups excluding carboxylic acids is 2. The lowest BCUT2D eigenvalue weighted by Gasteiger charge is -2.37. The Bertz CT molecular complexity index is 703. The maximum absolute atomic E-state index is 13.0. The van der Waals surface area contributed by atoms with Gasteiger partial charge in [-0.2, -0.15) is 0 Å². The van der Waals surface area contributed by atoms with E-state index in [1.807, 2.05) is 20.8 Å². The molecule has 2 rings (SSSR count). The quantitative estimate of drug-likeness (QED) is 0.792. The van der Waals surface area contributed by atoms with Gasteiger partial charge in [0.05, 0.1) is 18.6 Å². The summed E-state index contributed by atoms with van der Waals surface area (Å²) in [5, 5.41) is 12.1. The van der Waals surface area contributed by atoms with Crippen molar-refractivity contribution in [2.24, 2.45) is 17.8 Å².